The lowest BCUT2D eigenvalue weighted by Gasteiger charge is -2.11. The van der Waals surface area contributed by atoms with Gasteiger partial charge in [-0.3, -0.25) is 9.67 Å². The van der Waals surface area contributed by atoms with Gasteiger partial charge in [-0.2, -0.15) is 18.3 Å². The zero-order valence-corrected chi connectivity index (χ0v) is 14.7. The van der Waals surface area contributed by atoms with Crippen LogP contribution in [-0.2, 0) is 18.1 Å². The summed E-state index contributed by atoms with van der Waals surface area (Å²) in [5, 5.41) is 7.98. The van der Waals surface area contributed by atoms with E-state index in [-0.39, 0.29) is 0 Å². The van der Waals surface area contributed by atoms with E-state index >= 15 is 0 Å². The maximum atomic E-state index is 12.7. The molecule has 3 aromatic rings. The second kappa shape index (κ2) is 6.99. The number of alkyl halides is 3. The van der Waals surface area contributed by atoms with Gasteiger partial charge in [-0.1, -0.05) is 17.3 Å². The summed E-state index contributed by atoms with van der Waals surface area (Å²) in [5.74, 6) is 0.823. The molecule has 0 N–H and O–H groups in total. The molecule has 0 saturated heterocycles. The molecule has 3 heterocycles. The summed E-state index contributed by atoms with van der Waals surface area (Å²) in [4.78, 5) is 9.63. The van der Waals surface area contributed by atoms with Gasteiger partial charge in [-0.05, 0) is 29.8 Å². The quantitative estimate of drug-likeness (QED) is 0.669. The van der Waals surface area contributed by atoms with Crippen molar-refractivity contribution in [1.82, 2.24) is 14.8 Å². The molecular formula is C19H15F3N4O2. The van der Waals surface area contributed by atoms with Crippen molar-refractivity contribution in [2.45, 2.75) is 18.7 Å². The SMILES string of the molecule is Cn1cc(-c2ccc(OC3=NO[C@@H](c4ccc(C(F)(F)F)cc4)C3)cn2)cn1. The van der Waals surface area contributed by atoms with E-state index in [9.17, 15) is 13.2 Å². The first-order valence-corrected chi connectivity index (χ1v) is 8.41. The minimum Gasteiger partial charge on any atom is -0.438 e. The van der Waals surface area contributed by atoms with E-state index < -0.39 is 17.8 Å². The fraction of sp³-hybridized carbons (Fsp3) is 0.211. The summed E-state index contributed by atoms with van der Waals surface area (Å²) in [5.41, 5.74) is 1.54. The maximum absolute atomic E-state index is 12.7. The highest BCUT2D eigenvalue weighted by Crippen LogP contribution is 2.33. The highest BCUT2D eigenvalue weighted by atomic mass is 19.4. The van der Waals surface area contributed by atoms with Gasteiger partial charge in [0.2, 0.25) is 5.90 Å². The number of nitrogens with zero attached hydrogens (tertiary/aromatic N) is 4. The summed E-state index contributed by atoms with van der Waals surface area (Å²) in [6.07, 6.45) is 0.597. The van der Waals surface area contributed by atoms with Crippen LogP contribution in [-0.4, -0.2) is 20.7 Å². The molecule has 0 spiro atoms. The number of pyridine rings is 1. The Balaban J connectivity index is 1.38. The number of ether oxygens (including phenoxy) is 1. The summed E-state index contributed by atoms with van der Waals surface area (Å²) in [6.45, 7) is 0. The van der Waals surface area contributed by atoms with Crippen LogP contribution in [0.2, 0.25) is 0 Å². The zero-order chi connectivity index (χ0) is 19.7. The first-order valence-electron chi connectivity index (χ1n) is 8.41. The molecule has 0 unspecified atom stereocenters. The van der Waals surface area contributed by atoms with Gasteiger partial charge in [0, 0.05) is 18.8 Å². The van der Waals surface area contributed by atoms with E-state index in [1.807, 2.05) is 13.2 Å². The predicted octanol–water partition coefficient (Wildman–Crippen LogP) is 4.35. The Morgan fingerprint density at radius 3 is 2.50 bits per heavy atom. The third-order valence-corrected chi connectivity index (χ3v) is 4.22. The van der Waals surface area contributed by atoms with Gasteiger partial charge in [-0.25, -0.2) is 0 Å². The second-order valence-electron chi connectivity index (χ2n) is 6.29. The van der Waals surface area contributed by atoms with Crippen molar-refractivity contribution in [3.63, 3.8) is 0 Å². The van der Waals surface area contributed by atoms with Gasteiger partial charge in [0.25, 0.3) is 0 Å². The molecule has 1 aromatic carbocycles. The van der Waals surface area contributed by atoms with Gasteiger partial charge in [0.05, 0.1) is 30.1 Å². The molecule has 9 heteroatoms. The van der Waals surface area contributed by atoms with Crippen molar-refractivity contribution in [2.75, 3.05) is 0 Å². The molecular weight excluding hydrogens is 373 g/mol. The molecule has 6 nitrogen and oxygen atoms in total. The molecule has 4 rings (SSSR count). The van der Waals surface area contributed by atoms with Crippen LogP contribution in [0.1, 0.15) is 23.7 Å². The Morgan fingerprint density at radius 2 is 1.89 bits per heavy atom. The molecule has 28 heavy (non-hydrogen) atoms. The Morgan fingerprint density at radius 1 is 1.11 bits per heavy atom. The average molecular weight is 388 g/mol. The lowest BCUT2D eigenvalue weighted by molar-refractivity contribution is -0.137. The van der Waals surface area contributed by atoms with E-state index in [0.29, 0.717) is 23.6 Å². The largest absolute Gasteiger partial charge is 0.438 e. The first-order chi connectivity index (χ1) is 13.4. The van der Waals surface area contributed by atoms with Crippen LogP contribution in [0.3, 0.4) is 0 Å². The van der Waals surface area contributed by atoms with E-state index in [1.165, 1.54) is 12.1 Å². The fourth-order valence-corrected chi connectivity index (χ4v) is 2.78. The number of aromatic nitrogens is 3. The maximum Gasteiger partial charge on any atom is 0.416 e. The summed E-state index contributed by atoms with van der Waals surface area (Å²) in [6, 6.07) is 8.38. The highest BCUT2D eigenvalue weighted by Gasteiger charge is 2.31. The number of oxime groups is 1. The molecule has 0 aliphatic carbocycles. The molecule has 1 aliphatic rings. The predicted molar refractivity (Wildman–Crippen MR) is 94.4 cm³/mol. The average Bonchev–Trinajstić information content (AvgIpc) is 3.31. The molecule has 0 fully saturated rings. The normalized spacial score (nSPS) is 16.6. The first kappa shape index (κ1) is 18.0. The van der Waals surface area contributed by atoms with E-state index in [4.69, 9.17) is 9.57 Å². The van der Waals surface area contributed by atoms with Crippen LogP contribution in [0.15, 0.2) is 60.1 Å². The summed E-state index contributed by atoms with van der Waals surface area (Å²) < 4.78 is 45.3. The van der Waals surface area contributed by atoms with Crippen LogP contribution in [0.25, 0.3) is 11.3 Å². The minimum atomic E-state index is -4.37. The number of benzene rings is 1. The van der Waals surface area contributed by atoms with Crippen LogP contribution >= 0.6 is 0 Å². The van der Waals surface area contributed by atoms with Crippen molar-refractivity contribution in [1.29, 1.82) is 0 Å². The van der Waals surface area contributed by atoms with E-state index in [2.05, 4.69) is 15.2 Å². The number of hydrogen-bond donors (Lipinski definition) is 0. The third-order valence-electron chi connectivity index (χ3n) is 4.22. The van der Waals surface area contributed by atoms with Crippen LogP contribution in [0.5, 0.6) is 5.75 Å². The van der Waals surface area contributed by atoms with Crippen molar-refractivity contribution < 1.29 is 22.7 Å². The van der Waals surface area contributed by atoms with Crippen LogP contribution in [0, 0.1) is 0 Å². The lowest BCUT2D eigenvalue weighted by Crippen LogP contribution is -2.08. The van der Waals surface area contributed by atoms with E-state index in [1.54, 1.807) is 29.2 Å². The van der Waals surface area contributed by atoms with Gasteiger partial charge in [0.15, 0.2) is 6.10 Å². The topological polar surface area (TPSA) is 61.5 Å². The highest BCUT2D eigenvalue weighted by molar-refractivity contribution is 5.79. The Bertz CT molecular complexity index is 995. The summed E-state index contributed by atoms with van der Waals surface area (Å²) >= 11 is 0. The third kappa shape index (κ3) is 3.83. The van der Waals surface area contributed by atoms with Gasteiger partial charge in [-0.15, -0.1) is 0 Å². The molecule has 0 radical (unpaired) electrons. The van der Waals surface area contributed by atoms with Crippen LogP contribution < -0.4 is 4.74 Å². The molecule has 1 aliphatic heterocycles. The van der Waals surface area contributed by atoms with Gasteiger partial charge >= 0.3 is 6.18 Å². The Hall–Kier alpha value is -3.36. The lowest BCUT2D eigenvalue weighted by atomic mass is 10.0. The number of hydrogen-bond acceptors (Lipinski definition) is 5. The summed E-state index contributed by atoms with van der Waals surface area (Å²) in [7, 11) is 1.83. The molecule has 0 saturated carbocycles. The number of halogens is 3. The number of rotatable bonds is 3. The molecule has 2 aromatic heterocycles. The number of aryl methyl sites for hydroxylation is 1. The van der Waals surface area contributed by atoms with Gasteiger partial charge < -0.3 is 9.57 Å². The molecule has 1 atom stereocenters. The minimum absolute atomic E-state index is 0.315. The Labute approximate surface area is 158 Å². The smallest absolute Gasteiger partial charge is 0.416 e. The second-order valence-corrected chi connectivity index (χ2v) is 6.29. The standard InChI is InChI=1S/C19H15F3N4O2/c1-26-11-13(9-24-26)16-7-6-15(10-23-16)27-18-8-17(28-25-18)12-2-4-14(5-3-12)19(20,21)22/h2-7,9-11,17H,8H2,1H3/t17-/m1/s1. The van der Waals surface area contributed by atoms with Crippen molar-refractivity contribution in [3.8, 4) is 17.0 Å². The Kier molecular flexibility index (Phi) is 4.50. The fourth-order valence-electron chi connectivity index (χ4n) is 2.78. The van der Waals surface area contributed by atoms with Crippen molar-refractivity contribution >= 4 is 5.90 Å². The van der Waals surface area contributed by atoms with E-state index in [0.717, 1.165) is 23.4 Å². The molecule has 144 valence electrons. The van der Waals surface area contributed by atoms with Crippen molar-refractivity contribution in [3.05, 3.63) is 66.1 Å². The zero-order valence-electron chi connectivity index (χ0n) is 14.7. The van der Waals surface area contributed by atoms with Crippen molar-refractivity contribution in [2.24, 2.45) is 12.2 Å². The van der Waals surface area contributed by atoms with Crippen LogP contribution in [0.4, 0.5) is 13.2 Å². The molecule has 0 amide bonds. The molecule has 0 bridgehead atoms. The van der Waals surface area contributed by atoms with Gasteiger partial charge in [0.1, 0.15) is 5.75 Å². The monoisotopic (exact) mass is 388 g/mol.